The molecule has 0 aliphatic carbocycles. The molecule has 32 heavy (non-hydrogen) atoms. The molecule has 1 aromatic carbocycles. The zero-order valence-corrected chi connectivity index (χ0v) is 19.0. The van der Waals surface area contributed by atoms with Crippen LogP contribution >= 0.6 is 0 Å². The summed E-state index contributed by atoms with van der Waals surface area (Å²) in [5, 5.41) is 12.1. The maximum Gasteiger partial charge on any atom is 0.371 e. The van der Waals surface area contributed by atoms with E-state index in [1.807, 2.05) is 12.1 Å². The SMILES string of the molecule is CCCCCCCNC(=O)N(C)c1nccc(-c2ccc(/C=C(\OCC)C(=O)O)cc2)n1. The molecule has 0 radical (unpaired) electrons. The Kier molecular flexibility index (Phi) is 10.2. The van der Waals surface area contributed by atoms with Gasteiger partial charge in [-0.15, -0.1) is 0 Å². The summed E-state index contributed by atoms with van der Waals surface area (Å²) in [5.74, 6) is -0.916. The van der Waals surface area contributed by atoms with Gasteiger partial charge in [0.1, 0.15) is 0 Å². The lowest BCUT2D eigenvalue weighted by Crippen LogP contribution is -2.38. The van der Waals surface area contributed by atoms with E-state index in [4.69, 9.17) is 4.74 Å². The number of unbranched alkanes of at least 4 members (excludes halogenated alkanes) is 4. The van der Waals surface area contributed by atoms with E-state index < -0.39 is 5.97 Å². The van der Waals surface area contributed by atoms with Crippen molar-refractivity contribution >= 4 is 24.0 Å². The number of carboxylic acids is 1. The van der Waals surface area contributed by atoms with Gasteiger partial charge in [0.15, 0.2) is 0 Å². The van der Waals surface area contributed by atoms with Gasteiger partial charge >= 0.3 is 12.0 Å². The third-order valence-electron chi connectivity index (χ3n) is 4.82. The summed E-state index contributed by atoms with van der Waals surface area (Å²) >= 11 is 0. The van der Waals surface area contributed by atoms with Gasteiger partial charge in [-0.25, -0.2) is 19.6 Å². The highest BCUT2D eigenvalue weighted by molar-refractivity contribution is 5.90. The van der Waals surface area contributed by atoms with E-state index in [2.05, 4.69) is 22.2 Å². The van der Waals surface area contributed by atoms with Crippen molar-refractivity contribution in [2.45, 2.75) is 46.0 Å². The van der Waals surface area contributed by atoms with Crippen LogP contribution in [0.15, 0.2) is 42.3 Å². The van der Waals surface area contributed by atoms with Crippen LogP contribution in [0.4, 0.5) is 10.7 Å². The monoisotopic (exact) mass is 440 g/mol. The molecule has 1 heterocycles. The molecule has 2 aromatic rings. The average molecular weight is 441 g/mol. The fourth-order valence-corrected chi connectivity index (χ4v) is 3.03. The molecule has 2 amide bonds. The van der Waals surface area contributed by atoms with E-state index in [1.54, 1.807) is 38.4 Å². The Hall–Kier alpha value is -3.42. The molecule has 0 atom stereocenters. The fourth-order valence-electron chi connectivity index (χ4n) is 3.03. The third kappa shape index (κ3) is 7.68. The Morgan fingerprint density at radius 3 is 2.47 bits per heavy atom. The number of hydrogen-bond donors (Lipinski definition) is 2. The van der Waals surface area contributed by atoms with Crippen LogP contribution in [0.5, 0.6) is 0 Å². The second-order valence-electron chi connectivity index (χ2n) is 7.32. The van der Waals surface area contributed by atoms with Gasteiger partial charge in [0.2, 0.25) is 11.7 Å². The quantitative estimate of drug-likeness (QED) is 0.281. The van der Waals surface area contributed by atoms with Gasteiger partial charge in [-0.3, -0.25) is 4.90 Å². The van der Waals surface area contributed by atoms with Gasteiger partial charge < -0.3 is 15.2 Å². The lowest BCUT2D eigenvalue weighted by Gasteiger charge is -2.16. The summed E-state index contributed by atoms with van der Waals surface area (Å²) in [4.78, 5) is 33.7. The summed E-state index contributed by atoms with van der Waals surface area (Å²) in [6.45, 7) is 4.81. The van der Waals surface area contributed by atoms with Crippen LogP contribution < -0.4 is 10.2 Å². The van der Waals surface area contributed by atoms with Crippen LogP contribution in [0.1, 0.15) is 51.5 Å². The molecule has 0 unspecified atom stereocenters. The van der Waals surface area contributed by atoms with Gasteiger partial charge in [0.05, 0.1) is 12.3 Å². The normalized spacial score (nSPS) is 11.2. The number of nitrogens with one attached hydrogen (secondary N) is 1. The lowest BCUT2D eigenvalue weighted by molar-refractivity contribution is -0.136. The highest BCUT2D eigenvalue weighted by Crippen LogP contribution is 2.20. The largest absolute Gasteiger partial charge is 0.487 e. The highest BCUT2D eigenvalue weighted by Gasteiger charge is 2.14. The number of carbonyl (C=O) groups is 2. The number of benzene rings is 1. The van der Waals surface area contributed by atoms with Crippen LogP contribution in [-0.4, -0.2) is 47.3 Å². The van der Waals surface area contributed by atoms with E-state index in [0.717, 1.165) is 18.4 Å². The van der Waals surface area contributed by atoms with Gasteiger partial charge in [-0.1, -0.05) is 56.9 Å². The number of ether oxygens (including phenoxy) is 1. The molecule has 8 nitrogen and oxygen atoms in total. The predicted octanol–water partition coefficient (Wildman–Crippen LogP) is 4.72. The Bertz CT molecular complexity index is 912. The predicted molar refractivity (Wildman–Crippen MR) is 125 cm³/mol. The van der Waals surface area contributed by atoms with Gasteiger partial charge in [0.25, 0.3) is 0 Å². The molecule has 1 aromatic heterocycles. The van der Waals surface area contributed by atoms with Crippen molar-refractivity contribution in [3.05, 3.63) is 47.9 Å². The van der Waals surface area contributed by atoms with E-state index in [-0.39, 0.29) is 18.4 Å². The fraction of sp³-hybridized carbons (Fsp3) is 0.417. The van der Waals surface area contributed by atoms with Gasteiger partial charge in [-0.05, 0) is 31.1 Å². The third-order valence-corrected chi connectivity index (χ3v) is 4.82. The Labute approximate surface area is 189 Å². The number of nitrogens with zero attached hydrogens (tertiary/aromatic N) is 3. The molecule has 0 fully saturated rings. The number of rotatable bonds is 12. The lowest BCUT2D eigenvalue weighted by atomic mass is 10.1. The number of urea groups is 1. The minimum absolute atomic E-state index is 0.109. The van der Waals surface area contributed by atoms with Crippen molar-refractivity contribution in [1.29, 1.82) is 0 Å². The van der Waals surface area contributed by atoms with E-state index >= 15 is 0 Å². The first-order valence-electron chi connectivity index (χ1n) is 11.0. The van der Waals surface area contributed by atoms with Crippen molar-refractivity contribution in [2.75, 3.05) is 25.1 Å². The van der Waals surface area contributed by atoms with Crippen LogP contribution in [0.25, 0.3) is 17.3 Å². The van der Waals surface area contributed by atoms with Gasteiger partial charge in [0, 0.05) is 25.4 Å². The van der Waals surface area contributed by atoms with Crippen LogP contribution in [-0.2, 0) is 9.53 Å². The second kappa shape index (κ2) is 13.1. The number of hydrogen-bond acceptors (Lipinski definition) is 5. The van der Waals surface area contributed by atoms with Crippen molar-refractivity contribution in [3.63, 3.8) is 0 Å². The van der Waals surface area contributed by atoms with Crippen molar-refractivity contribution in [2.24, 2.45) is 0 Å². The number of carboxylic acid groups (broad SMARTS) is 1. The summed E-state index contributed by atoms with van der Waals surface area (Å²) in [6, 6.07) is 8.76. The Morgan fingerprint density at radius 2 is 1.81 bits per heavy atom. The van der Waals surface area contributed by atoms with E-state index in [9.17, 15) is 14.7 Å². The second-order valence-corrected chi connectivity index (χ2v) is 7.32. The molecular weight excluding hydrogens is 408 g/mol. The Balaban J connectivity index is 2.03. The van der Waals surface area contributed by atoms with Crippen molar-refractivity contribution in [1.82, 2.24) is 15.3 Å². The number of amides is 2. The smallest absolute Gasteiger partial charge is 0.371 e. The summed E-state index contributed by atoms with van der Waals surface area (Å²) in [5.41, 5.74) is 2.18. The molecule has 2 rings (SSSR count). The molecule has 8 heteroatoms. The molecule has 0 aliphatic rings. The van der Waals surface area contributed by atoms with E-state index in [1.165, 1.54) is 30.2 Å². The van der Waals surface area contributed by atoms with Crippen LogP contribution in [0.3, 0.4) is 0 Å². The molecule has 0 saturated carbocycles. The first-order chi connectivity index (χ1) is 15.5. The Morgan fingerprint density at radius 1 is 1.09 bits per heavy atom. The summed E-state index contributed by atoms with van der Waals surface area (Å²) in [7, 11) is 1.64. The molecule has 0 aliphatic heterocycles. The maximum absolute atomic E-state index is 12.4. The molecule has 0 saturated heterocycles. The molecule has 0 bridgehead atoms. The first-order valence-corrected chi connectivity index (χ1v) is 11.0. The summed E-state index contributed by atoms with van der Waals surface area (Å²) in [6.07, 6.45) is 8.74. The summed E-state index contributed by atoms with van der Waals surface area (Å²) < 4.78 is 5.14. The minimum atomic E-state index is -1.11. The van der Waals surface area contributed by atoms with Crippen LogP contribution in [0, 0.1) is 0 Å². The molecular formula is C24H32N4O4. The zero-order valence-electron chi connectivity index (χ0n) is 19.0. The minimum Gasteiger partial charge on any atom is -0.487 e. The molecule has 172 valence electrons. The highest BCUT2D eigenvalue weighted by atomic mass is 16.5. The standard InChI is InChI=1S/C24H32N4O4/c1-4-6-7-8-9-15-26-24(31)28(3)23-25-16-14-20(27-23)19-12-10-18(11-13-19)17-21(22(29)30)32-5-2/h10-14,16-17H,4-9,15H2,1-3H3,(H,26,31)(H,29,30)/b21-17-. The topological polar surface area (TPSA) is 105 Å². The number of aliphatic carboxylic acids is 1. The van der Waals surface area contributed by atoms with Crippen molar-refractivity contribution in [3.8, 4) is 11.3 Å². The zero-order chi connectivity index (χ0) is 23.3. The number of carbonyl (C=O) groups excluding carboxylic acids is 1. The van der Waals surface area contributed by atoms with Gasteiger partial charge in [-0.2, -0.15) is 0 Å². The molecule has 0 spiro atoms. The van der Waals surface area contributed by atoms with Crippen molar-refractivity contribution < 1.29 is 19.4 Å². The maximum atomic E-state index is 12.4. The number of anilines is 1. The molecule has 2 N–H and O–H groups in total. The first kappa shape index (κ1) is 24.8. The number of aromatic nitrogens is 2. The average Bonchev–Trinajstić information content (AvgIpc) is 2.81. The van der Waals surface area contributed by atoms with Crippen LogP contribution in [0.2, 0.25) is 0 Å². The van der Waals surface area contributed by atoms with E-state index in [0.29, 0.717) is 23.8 Å².